The van der Waals surface area contributed by atoms with Gasteiger partial charge >= 0.3 is 0 Å². The van der Waals surface area contributed by atoms with Gasteiger partial charge in [-0.1, -0.05) is 18.2 Å². The van der Waals surface area contributed by atoms with Crippen molar-refractivity contribution in [1.82, 2.24) is 5.43 Å². The third kappa shape index (κ3) is 3.26. The van der Waals surface area contributed by atoms with Crippen molar-refractivity contribution in [2.24, 2.45) is 5.10 Å². The van der Waals surface area contributed by atoms with E-state index in [1.165, 1.54) is 30.3 Å². The minimum absolute atomic E-state index is 0.275. The molecule has 0 bridgehead atoms. The molecule has 0 aromatic heterocycles. The molecule has 0 unspecified atom stereocenters. The zero-order chi connectivity index (χ0) is 14.5. The second-order valence-electron chi connectivity index (χ2n) is 4.12. The first-order chi connectivity index (χ1) is 9.58. The van der Waals surface area contributed by atoms with Crippen LogP contribution in [0.3, 0.4) is 0 Å². The Morgan fingerprint density at radius 1 is 1.05 bits per heavy atom. The third-order valence-corrected chi connectivity index (χ3v) is 2.70. The summed E-state index contributed by atoms with van der Waals surface area (Å²) in [6, 6.07) is 11.2. The summed E-state index contributed by atoms with van der Waals surface area (Å²) in [5, 5.41) is 3.84. The van der Waals surface area contributed by atoms with E-state index in [1.807, 2.05) is 0 Å². The third-order valence-electron chi connectivity index (χ3n) is 2.70. The Morgan fingerprint density at radius 3 is 2.35 bits per heavy atom. The van der Waals surface area contributed by atoms with Gasteiger partial charge in [0.2, 0.25) is 0 Å². The highest BCUT2D eigenvalue weighted by Crippen LogP contribution is 2.07. The molecule has 2 aromatic rings. The highest BCUT2D eigenvalue weighted by molar-refractivity contribution is 6.01. The lowest BCUT2D eigenvalue weighted by atomic mass is 10.1. The first-order valence-electron chi connectivity index (χ1n) is 5.93. The number of rotatable bonds is 3. The zero-order valence-corrected chi connectivity index (χ0v) is 10.7. The molecule has 3 nitrogen and oxygen atoms in total. The summed E-state index contributed by atoms with van der Waals surface area (Å²) < 4.78 is 26.2. The van der Waals surface area contributed by atoms with Crippen molar-refractivity contribution < 1.29 is 13.6 Å². The summed E-state index contributed by atoms with van der Waals surface area (Å²) in [7, 11) is 0. The molecule has 0 fully saturated rings. The lowest BCUT2D eigenvalue weighted by Gasteiger charge is -2.04. The summed E-state index contributed by atoms with van der Waals surface area (Å²) in [5.41, 5.74) is 3.24. The van der Waals surface area contributed by atoms with Crippen LogP contribution in [-0.2, 0) is 0 Å². The number of hydrogen-bond acceptors (Lipinski definition) is 2. The number of benzene rings is 2. The van der Waals surface area contributed by atoms with Gasteiger partial charge in [0.25, 0.3) is 5.91 Å². The van der Waals surface area contributed by atoms with E-state index in [0.29, 0.717) is 11.3 Å². The summed E-state index contributed by atoms with van der Waals surface area (Å²) in [5.74, 6) is -1.32. The predicted octanol–water partition coefficient (Wildman–Crippen LogP) is 3.12. The Morgan fingerprint density at radius 2 is 1.70 bits per heavy atom. The monoisotopic (exact) mass is 274 g/mol. The molecule has 0 aliphatic heterocycles. The van der Waals surface area contributed by atoms with E-state index in [0.717, 1.165) is 0 Å². The van der Waals surface area contributed by atoms with E-state index in [1.54, 1.807) is 25.1 Å². The molecule has 0 aliphatic carbocycles. The average molecular weight is 274 g/mol. The number of amides is 1. The molecule has 102 valence electrons. The van der Waals surface area contributed by atoms with Crippen molar-refractivity contribution in [2.75, 3.05) is 0 Å². The van der Waals surface area contributed by atoms with Crippen LogP contribution in [0.15, 0.2) is 53.6 Å². The fourth-order valence-corrected chi connectivity index (χ4v) is 1.62. The van der Waals surface area contributed by atoms with Crippen LogP contribution in [0.2, 0.25) is 0 Å². The zero-order valence-electron chi connectivity index (χ0n) is 10.7. The van der Waals surface area contributed by atoms with Gasteiger partial charge in [-0.25, -0.2) is 14.2 Å². The van der Waals surface area contributed by atoms with Gasteiger partial charge in [0, 0.05) is 11.1 Å². The van der Waals surface area contributed by atoms with Crippen molar-refractivity contribution in [3.8, 4) is 0 Å². The SMILES string of the molecule is C/C(=N\NC(=O)c1ccc(F)cc1)c1ccccc1F. The van der Waals surface area contributed by atoms with Crippen molar-refractivity contribution in [2.45, 2.75) is 6.92 Å². The van der Waals surface area contributed by atoms with Gasteiger partial charge < -0.3 is 0 Å². The molecule has 0 saturated heterocycles. The highest BCUT2D eigenvalue weighted by Gasteiger charge is 2.07. The van der Waals surface area contributed by atoms with E-state index in [4.69, 9.17) is 0 Å². The van der Waals surface area contributed by atoms with E-state index >= 15 is 0 Å². The second-order valence-corrected chi connectivity index (χ2v) is 4.12. The number of halogens is 2. The number of hydrogen-bond donors (Lipinski definition) is 1. The van der Waals surface area contributed by atoms with Gasteiger partial charge in [0.15, 0.2) is 0 Å². The normalized spacial score (nSPS) is 11.2. The van der Waals surface area contributed by atoms with Crippen LogP contribution >= 0.6 is 0 Å². The average Bonchev–Trinajstić information content (AvgIpc) is 2.45. The summed E-state index contributed by atoms with van der Waals surface area (Å²) >= 11 is 0. The molecule has 1 amide bonds. The maximum absolute atomic E-state index is 13.5. The minimum atomic E-state index is -0.485. The Labute approximate surface area is 114 Å². The molecule has 0 spiro atoms. The van der Waals surface area contributed by atoms with Gasteiger partial charge in [0.1, 0.15) is 11.6 Å². The number of carbonyl (C=O) groups excluding carboxylic acids is 1. The minimum Gasteiger partial charge on any atom is -0.267 e. The molecule has 0 aliphatic rings. The van der Waals surface area contributed by atoms with E-state index in [-0.39, 0.29) is 5.56 Å². The molecule has 20 heavy (non-hydrogen) atoms. The summed E-state index contributed by atoms with van der Waals surface area (Å²) in [4.78, 5) is 11.7. The summed E-state index contributed by atoms with van der Waals surface area (Å²) in [6.07, 6.45) is 0. The van der Waals surface area contributed by atoms with E-state index < -0.39 is 17.5 Å². The molecule has 0 radical (unpaired) electrons. The van der Waals surface area contributed by atoms with Gasteiger partial charge in [-0.15, -0.1) is 0 Å². The highest BCUT2D eigenvalue weighted by atomic mass is 19.1. The quantitative estimate of drug-likeness (QED) is 0.678. The van der Waals surface area contributed by atoms with Crippen LogP contribution in [0.4, 0.5) is 8.78 Å². The smallest absolute Gasteiger partial charge is 0.267 e. The molecule has 1 N–H and O–H groups in total. The van der Waals surface area contributed by atoms with Crippen LogP contribution in [0.1, 0.15) is 22.8 Å². The lowest BCUT2D eigenvalue weighted by molar-refractivity contribution is 0.0955. The van der Waals surface area contributed by atoms with Crippen LogP contribution in [-0.4, -0.2) is 11.6 Å². The van der Waals surface area contributed by atoms with Crippen molar-refractivity contribution in [1.29, 1.82) is 0 Å². The molecule has 0 atom stereocenters. The van der Waals surface area contributed by atoms with Crippen LogP contribution in [0.25, 0.3) is 0 Å². The van der Waals surface area contributed by atoms with Crippen LogP contribution in [0.5, 0.6) is 0 Å². The van der Waals surface area contributed by atoms with Crippen LogP contribution in [0, 0.1) is 11.6 Å². The van der Waals surface area contributed by atoms with Crippen LogP contribution < -0.4 is 5.43 Å². The fraction of sp³-hybridized carbons (Fsp3) is 0.0667. The molecule has 2 rings (SSSR count). The standard InChI is InChI=1S/C15H12F2N2O/c1-10(13-4-2-3-5-14(13)17)18-19-15(20)11-6-8-12(16)9-7-11/h2-9H,1H3,(H,19,20)/b18-10+. The van der Waals surface area contributed by atoms with Gasteiger partial charge in [-0.2, -0.15) is 5.10 Å². The van der Waals surface area contributed by atoms with Gasteiger partial charge in [-0.05, 0) is 37.3 Å². The Balaban J connectivity index is 2.11. The van der Waals surface area contributed by atoms with Crippen molar-refractivity contribution in [3.63, 3.8) is 0 Å². The number of nitrogens with one attached hydrogen (secondary N) is 1. The van der Waals surface area contributed by atoms with E-state index in [2.05, 4.69) is 10.5 Å². The fourth-order valence-electron chi connectivity index (χ4n) is 1.62. The lowest BCUT2D eigenvalue weighted by Crippen LogP contribution is -2.19. The van der Waals surface area contributed by atoms with Gasteiger partial charge in [0.05, 0.1) is 5.71 Å². The molecule has 5 heteroatoms. The molecule has 0 saturated carbocycles. The Kier molecular flexibility index (Phi) is 4.20. The van der Waals surface area contributed by atoms with E-state index in [9.17, 15) is 13.6 Å². The molecule has 0 heterocycles. The Hall–Kier alpha value is -2.56. The molecular formula is C15H12F2N2O. The number of nitrogens with zero attached hydrogens (tertiary/aromatic N) is 1. The first-order valence-corrected chi connectivity index (χ1v) is 5.93. The number of hydrazone groups is 1. The maximum Gasteiger partial charge on any atom is 0.271 e. The molecular weight excluding hydrogens is 262 g/mol. The molecule has 2 aromatic carbocycles. The largest absolute Gasteiger partial charge is 0.271 e. The number of carbonyl (C=O) groups is 1. The topological polar surface area (TPSA) is 41.5 Å². The Bertz CT molecular complexity index is 651. The summed E-state index contributed by atoms with van der Waals surface area (Å²) in [6.45, 7) is 1.59. The predicted molar refractivity (Wildman–Crippen MR) is 72.5 cm³/mol. The first kappa shape index (κ1) is 13.9. The van der Waals surface area contributed by atoms with Crippen molar-refractivity contribution in [3.05, 3.63) is 71.3 Å². The van der Waals surface area contributed by atoms with Gasteiger partial charge in [-0.3, -0.25) is 4.79 Å². The van der Waals surface area contributed by atoms with Crippen molar-refractivity contribution >= 4 is 11.6 Å². The second kappa shape index (κ2) is 6.06. The maximum atomic E-state index is 13.5.